The largest absolute Gasteiger partial charge is 0.350 e. The number of nitrogens with one attached hydrogen (secondary N) is 1. The van der Waals surface area contributed by atoms with Gasteiger partial charge >= 0.3 is 0 Å². The molecule has 0 saturated heterocycles. The van der Waals surface area contributed by atoms with Gasteiger partial charge < -0.3 is 10.2 Å². The molecule has 0 aliphatic carbocycles. The van der Waals surface area contributed by atoms with Crippen molar-refractivity contribution in [2.45, 2.75) is 51.1 Å². The third-order valence-corrected chi connectivity index (χ3v) is 6.83. The van der Waals surface area contributed by atoms with Crippen molar-refractivity contribution in [1.29, 1.82) is 0 Å². The molecular weight excluding hydrogens is 495 g/mol. The van der Waals surface area contributed by atoms with Crippen LogP contribution >= 0.6 is 23.4 Å². The second kappa shape index (κ2) is 12.9. The number of halogens is 2. The van der Waals surface area contributed by atoms with Crippen LogP contribution in [0.15, 0.2) is 78.9 Å². The van der Waals surface area contributed by atoms with Crippen LogP contribution in [0.25, 0.3) is 0 Å². The van der Waals surface area contributed by atoms with Crippen LogP contribution in [0.3, 0.4) is 0 Å². The maximum atomic E-state index is 13.6. The highest BCUT2D eigenvalue weighted by atomic mass is 35.5. The standard InChI is InChI=1S/C29H32ClFN2O2S/c1-29(2,3)32-28(35)26(17-21-9-5-4-6-10-21)33(18-23-11-7-8-12-25(23)30)27(34)20-36-19-22-13-15-24(31)16-14-22/h4-16,26H,17-20H2,1-3H3,(H,32,35). The van der Waals surface area contributed by atoms with Gasteiger partial charge in [-0.05, 0) is 55.7 Å². The van der Waals surface area contributed by atoms with E-state index in [0.29, 0.717) is 17.2 Å². The van der Waals surface area contributed by atoms with Crippen LogP contribution in [0.1, 0.15) is 37.5 Å². The number of carbonyl (C=O) groups excluding carboxylic acids is 2. The van der Waals surface area contributed by atoms with Gasteiger partial charge in [-0.15, -0.1) is 11.8 Å². The number of hydrogen-bond acceptors (Lipinski definition) is 3. The lowest BCUT2D eigenvalue weighted by Crippen LogP contribution is -2.54. The monoisotopic (exact) mass is 526 g/mol. The molecule has 36 heavy (non-hydrogen) atoms. The Balaban J connectivity index is 1.87. The Morgan fingerprint density at radius 1 is 0.944 bits per heavy atom. The first kappa shape index (κ1) is 27.8. The summed E-state index contributed by atoms with van der Waals surface area (Å²) in [4.78, 5) is 28.8. The molecule has 1 atom stereocenters. The minimum atomic E-state index is -0.721. The van der Waals surface area contributed by atoms with Gasteiger partial charge in [-0.2, -0.15) is 0 Å². The summed E-state index contributed by atoms with van der Waals surface area (Å²) in [7, 11) is 0. The van der Waals surface area contributed by atoms with Gasteiger partial charge in [0.05, 0.1) is 5.75 Å². The molecule has 7 heteroatoms. The minimum absolute atomic E-state index is 0.160. The smallest absolute Gasteiger partial charge is 0.243 e. The fourth-order valence-corrected chi connectivity index (χ4v) is 4.80. The molecule has 1 unspecified atom stereocenters. The predicted molar refractivity (Wildman–Crippen MR) is 146 cm³/mol. The fourth-order valence-electron chi connectivity index (χ4n) is 3.74. The molecule has 3 rings (SSSR count). The summed E-state index contributed by atoms with van der Waals surface area (Å²) in [5.41, 5.74) is 2.21. The molecule has 0 spiro atoms. The number of rotatable bonds is 10. The zero-order chi connectivity index (χ0) is 26.1. The molecule has 0 fully saturated rings. The minimum Gasteiger partial charge on any atom is -0.350 e. The second-order valence-electron chi connectivity index (χ2n) is 9.68. The molecule has 0 aromatic heterocycles. The van der Waals surface area contributed by atoms with Crippen molar-refractivity contribution in [3.63, 3.8) is 0 Å². The molecule has 4 nitrogen and oxygen atoms in total. The first-order valence-corrected chi connectivity index (χ1v) is 13.4. The van der Waals surface area contributed by atoms with E-state index in [-0.39, 0.29) is 29.9 Å². The molecule has 3 aromatic rings. The zero-order valence-corrected chi connectivity index (χ0v) is 22.4. The van der Waals surface area contributed by atoms with Crippen LogP contribution in [-0.2, 0) is 28.3 Å². The molecule has 3 aromatic carbocycles. The maximum Gasteiger partial charge on any atom is 0.243 e. The van der Waals surface area contributed by atoms with Gasteiger partial charge in [0, 0.05) is 29.3 Å². The molecule has 190 valence electrons. The van der Waals surface area contributed by atoms with Gasteiger partial charge in [-0.1, -0.05) is 72.3 Å². The molecule has 2 amide bonds. The zero-order valence-electron chi connectivity index (χ0n) is 20.8. The molecular formula is C29H32ClFN2O2S. The molecule has 0 saturated carbocycles. The summed E-state index contributed by atoms with van der Waals surface area (Å²) < 4.78 is 13.2. The topological polar surface area (TPSA) is 49.4 Å². The van der Waals surface area contributed by atoms with Gasteiger partial charge in [0.25, 0.3) is 0 Å². The van der Waals surface area contributed by atoms with Gasteiger partial charge in [-0.3, -0.25) is 9.59 Å². The summed E-state index contributed by atoms with van der Waals surface area (Å²) in [5, 5.41) is 3.60. The number of carbonyl (C=O) groups is 2. The lowest BCUT2D eigenvalue weighted by molar-refractivity contribution is -0.140. The van der Waals surface area contributed by atoms with E-state index in [0.717, 1.165) is 16.7 Å². The Labute approximate surface area is 222 Å². The van der Waals surface area contributed by atoms with Crippen molar-refractivity contribution >= 4 is 35.2 Å². The highest BCUT2D eigenvalue weighted by molar-refractivity contribution is 7.99. The molecule has 0 aliphatic rings. The molecule has 0 aliphatic heterocycles. The van der Waals surface area contributed by atoms with Crippen LogP contribution < -0.4 is 5.32 Å². The van der Waals surface area contributed by atoms with E-state index in [2.05, 4.69) is 5.32 Å². The van der Waals surface area contributed by atoms with Gasteiger partial charge in [0.2, 0.25) is 11.8 Å². The van der Waals surface area contributed by atoms with E-state index in [9.17, 15) is 14.0 Å². The predicted octanol–water partition coefficient (Wildman–Crippen LogP) is 6.27. The van der Waals surface area contributed by atoms with E-state index in [1.54, 1.807) is 23.1 Å². The Morgan fingerprint density at radius 2 is 1.58 bits per heavy atom. The quantitative estimate of drug-likeness (QED) is 0.339. The molecule has 0 heterocycles. The summed E-state index contributed by atoms with van der Waals surface area (Å²) in [6.07, 6.45) is 0.377. The first-order valence-electron chi connectivity index (χ1n) is 11.8. The normalized spacial score (nSPS) is 12.1. The lowest BCUT2D eigenvalue weighted by atomic mass is 10.0. The van der Waals surface area contributed by atoms with Crippen molar-refractivity contribution < 1.29 is 14.0 Å². The Kier molecular flexibility index (Phi) is 9.97. The maximum absolute atomic E-state index is 13.6. The molecule has 0 radical (unpaired) electrons. The summed E-state index contributed by atoms with van der Waals surface area (Å²) in [6, 6.07) is 22.6. The number of nitrogens with zero attached hydrogens (tertiary/aromatic N) is 1. The van der Waals surface area contributed by atoms with Crippen molar-refractivity contribution in [3.05, 3.63) is 106 Å². The van der Waals surface area contributed by atoms with Crippen molar-refractivity contribution in [2.75, 3.05) is 5.75 Å². The number of amides is 2. The van der Waals surface area contributed by atoms with Crippen LogP contribution in [0.2, 0.25) is 5.02 Å². The first-order chi connectivity index (χ1) is 17.1. The van der Waals surface area contributed by atoms with Crippen molar-refractivity contribution in [2.24, 2.45) is 0 Å². The summed E-state index contributed by atoms with van der Waals surface area (Å²) in [5.74, 6) is 0.0704. The van der Waals surface area contributed by atoms with E-state index < -0.39 is 11.6 Å². The number of hydrogen-bond donors (Lipinski definition) is 1. The highest BCUT2D eigenvalue weighted by Crippen LogP contribution is 2.22. The van der Waals surface area contributed by atoms with Crippen LogP contribution in [-0.4, -0.2) is 34.0 Å². The van der Waals surface area contributed by atoms with Gasteiger partial charge in [-0.25, -0.2) is 4.39 Å². The van der Waals surface area contributed by atoms with E-state index >= 15 is 0 Å². The third kappa shape index (κ3) is 8.68. The van der Waals surface area contributed by atoms with Crippen LogP contribution in [0.5, 0.6) is 0 Å². The number of benzene rings is 3. The summed E-state index contributed by atoms with van der Waals surface area (Å²) in [6.45, 7) is 5.97. The number of thioether (sulfide) groups is 1. The van der Waals surface area contributed by atoms with E-state index in [1.165, 1.54) is 23.9 Å². The highest BCUT2D eigenvalue weighted by Gasteiger charge is 2.32. The third-order valence-electron chi connectivity index (χ3n) is 5.48. The Morgan fingerprint density at radius 3 is 2.22 bits per heavy atom. The molecule has 1 N–H and O–H groups in total. The SMILES string of the molecule is CC(C)(C)NC(=O)C(Cc1ccccc1)N(Cc1ccccc1Cl)C(=O)CSCc1ccc(F)cc1. The van der Waals surface area contributed by atoms with Gasteiger partial charge in [0.15, 0.2) is 0 Å². The van der Waals surface area contributed by atoms with E-state index in [1.807, 2.05) is 69.3 Å². The van der Waals surface area contributed by atoms with Crippen molar-refractivity contribution in [1.82, 2.24) is 10.2 Å². The molecule has 0 bridgehead atoms. The Bertz CT molecular complexity index is 1150. The second-order valence-corrected chi connectivity index (χ2v) is 11.1. The lowest BCUT2D eigenvalue weighted by Gasteiger charge is -2.34. The average Bonchev–Trinajstić information content (AvgIpc) is 2.83. The van der Waals surface area contributed by atoms with Crippen molar-refractivity contribution in [3.8, 4) is 0 Å². The summed E-state index contributed by atoms with van der Waals surface area (Å²) >= 11 is 7.88. The fraction of sp³-hybridized carbons (Fsp3) is 0.310. The van der Waals surface area contributed by atoms with E-state index in [4.69, 9.17) is 11.6 Å². The van der Waals surface area contributed by atoms with Crippen LogP contribution in [0, 0.1) is 5.82 Å². The van der Waals surface area contributed by atoms with Crippen LogP contribution in [0.4, 0.5) is 4.39 Å². The Hall–Kier alpha value is -2.83. The van der Waals surface area contributed by atoms with Gasteiger partial charge in [0.1, 0.15) is 11.9 Å². The average molecular weight is 527 g/mol.